The van der Waals surface area contributed by atoms with Gasteiger partial charge in [-0.15, -0.1) is 5.10 Å². The molecule has 4 heteroatoms. The molecule has 0 N–H and O–H groups in total. The molecule has 3 nitrogen and oxygen atoms in total. The van der Waals surface area contributed by atoms with Gasteiger partial charge in [-0.2, -0.15) is 5.10 Å². The summed E-state index contributed by atoms with van der Waals surface area (Å²) in [6.45, 7) is 0. The summed E-state index contributed by atoms with van der Waals surface area (Å²) in [6.07, 6.45) is 0. The first kappa shape index (κ1) is 9.66. The number of aromatic nitrogens is 2. The molecule has 16 heavy (non-hydrogen) atoms. The molecule has 2 aromatic rings. The third kappa shape index (κ3) is 1.23. The zero-order chi connectivity index (χ0) is 11.1. The average Bonchev–Trinajstić information content (AvgIpc) is 2.64. The average molecular weight is 275 g/mol. The number of ketones is 1. The van der Waals surface area contributed by atoms with E-state index in [1.54, 1.807) is 6.07 Å². The Labute approximate surface area is 101 Å². The predicted molar refractivity (Wildman–Crippen MR) is 63.5 cm³/mol. The van der Waals surface area contributed by atoms with E-state index in [1.807, 2.05) is 24.3 Å². The summed E-state index contributed by atoms with van der Waals surface area (Å²) in [5.74, 6) is 0.0442. The molecule has 0 radical (unpaired) electrons. The summed E-state index contributed by atoms with van der Waals surface area (Å²) >= 11 is 3.31. The van der Waals surface area contributed by atoms with Crippen LogP contribution in [0.1, 0.15) is 21.6 Å². The third-order valence-corrected chi connectivity index (χ3v) is 3.23. The Kier molecular flexibility index (Phi) is 2.11. The largest absolute Gasteiger partial charge is 0.289 e. The van der Waals surface area contributed by atoms with Crippen LogP contribution < -0.4 is 0 Å². The quantitative estimate of drug-likeness (QED) is 0.641. The number of nitrogens with zero attached hydrogens (tertiary/aromatic N) is 2. The molecule has 1 aliphatic rings. The zero-order valence-corrected chi connectivity index (χ0v) is 9.86. The van der Waals surface area contributed by atoms with Gasteiger partial charge < -0.3 is 0 Å². The molecule has 0 fully saturated rings. The minimum Gasteiger partial charge on any atom is -0.289 e. The lowest BCUT2D eigenvalue weighted by molar-refractivity contribution is 0.104. The second-order valence-electron chi connectivity index (χ2n) is 3.61. The topological polar surface area (TPSA) is 42.9 Å². The molecule has 0 atom stereocenters. The minimum absolute atomic E-state index is 0.0442. The van der Waals surface area contributed by atoms with Crippen molar-refractivity contribution in [1.29, 1.82) is 0 Å². The van der Waals surface area contributed by atoms with Crippen LogP contribution >= 0.6 is 15.9 Å². The highest BCUT2D eigenvalue weighted by atomic mass is 79.9. The third-order valence-electron chi connectivity index (χ3n) is 2.65. The summed E-state index contributed by atoms with van der Waals surface area (Å²) in [5, 5.41) is 8.78. The van der Waals surface area contributed by atoms with E-state index in [4.69, 9.17) is 0 Å². The summed E-state index contributed by atoms with van der Waals surface area (Å²) in [7, 11) is 0. The maximum atomic E-state index is 12.1. The van der Waals surface area contributed by atoms with E-state index >= 15 is 0 Å². The minimum atomic E-state index is 0.0442. The number of hydrogen-bond donors (Lipinski definition) is 0. The first-order valence-electron chi connectivity index (χ1n) is 4.88. The maximum Gasteiger partial charge on any atom is 0.196 e. The van der Waals surface area contributed by atoms with Crippen molar-refractivity contribution < 1.29 is 4.79 Å². The van der Waals surface area contributed by atoms with Crippen LogP contribution in [0, 0.1) is 0 Å². The van der Waals surface area contributed by atoms with Crippen molar-refractivity contribution in [3.63, 3.8) is 0 Å². The highest BCUT2D eigenvalue weighted by molar-refractivity contribution is 9.08. The van der Waals surface area contributed by atoms with Crippen molar-refractivity contribution in [1.82, 2.24) is 10.2 Å². The van der Waals surface area contributed by atoms with E-state index in [9.17, 15) is 4.79 Å². The molecule has 0 aliphatic heterocycles. The molecule has 0 spiro atoms. The van der Waals surface area contributed by atoms with Crippen LogP contribution in [-0.2, 0) is 5.33 Å². The molecule has 0 saturated carbocycles. The van der Waals surface area contributed by atoms with Gasteiger partial charge >= 0.3 is 0 Å². The number of carbonyl (C=O) groups excluding carboxylic acids is 1. The van der Waals surface area contributed by atoms with Gasteiger partial charge in [-0.1, -0.05) is 40.2 Å². The summed E-state index contributed by atoms with van der Waals surface area (Å²) in [4.78, 5) is 12.1. The van der Waals surface area contributed by atoms with Gasteiger partial charge in [0.25, 0.3) is 0 Å². The van der Waals surface area contributed by atoms with Gasteiger partial charge in [-0.05, 0) is 6.07 Å². The van der Waals surface area contributed by atoms with E-state index in [1.165, 1.54) is 0 Å². The van der Waals surface area contributed by atoms with Crippen LogP contribution in [0.3, 0.4) is 0 Å². The van der Waals surface area contributed by atoms with Crippen LogP contribution in [0.15, 0.2) is 30.3 Å². The Hall–Kier alpha value is -1.55. The monoisotopic (exact) mass is 274 g/mol. The molecular weight excluding hydrogens is 268 g/mol. The Balaban J connectivity index is 2.29. The number of carbonyl (C=O) groups is 1. The van der Waals surface area contributed by atoms with Gasteiger partial charge in [0.05, 0.1) is 11.3 Å². The van der Waals surface area contributed by atoms with Gasteiger partial charge in [-0.25, -0.2) is 0 Å². The summed E-state index contributed by atoms with van der Waals surface area (Å²) < 4.78 is 0. The number of benzene rings is 1. The first-order chi connectivity index (χ1) is 7.81. The molecule has 1 heterocycles. The molecule has 1 aromatic carbocycles. The van der Waals surface area contributed by atoms with Gasteiger partial charge in [-0.3, -0.25) is 4.79 Å². The van der Waals surface area contributed by atoms with Crippen molar-refractivity contribution in [3.05, 3.63) is 47.2 Å². The summed E-state index contributed by atoms with van der Waals surface area (Å²) in [6, 6.07) is 9.30. The van der Waals surface area contributed by atoms with Crippen LogP contribution in [-0.4, -0.2) is 16.0 Å². The molecule has 1 aliphatic carbocycles. The normalized spacial score (nSPS) is 12.4. The lowest BCUT2D eigenvalue weighted by Gasteiger charge is -1.98. The predicted octanol–water partition coefficient (Wildman–Crippen LogP) is 2.58. The molecule has 0 unspecified atom stereocenters. The van der Waals surface area contributed by atoms with Crippen molar-refractivity contribution in [2.45, 2.75) is 5.33 Å². The van der Waals surface area contributed by atoms with Gasteiger partial charge in [0.1, 0.15) is 5.69 Å². The lowest BCUT2D eigenvalue weighted by atomic mass is 10.1. The van der Waals surface area contributed by atoms with E-state index in [2.05, 4.69) is 26.1 Å². The van der Waals surface area contributed by atoms with Crippen molar-refractivity contribution in [3.8, 4) is 11.3 Å². The number of alkyl halides is 1. The number of fused-ring (bicyclic) bond motifs is 3. The van der Waals surface area contributed by atoms with E-state index in [-0.39, 0.29) is 5.78 Å². The SMILES string of the molecule is O=C1c2ccccc2-c2nnc(CBr)cc21. The standard InChI is InChI=1S/C12H7BrN2O/c13-6-7-5-10-11(15-14-7)8-3-1-2-4-9(8)12(10)16/h1-5H,6H2. The second kappa shape index (κ2) is 3.49. The van der Waals surface area contributed by atoms with E-state index < -0.39 is 0 Å². The van der Waals surface area contributed by atoms with E-state index in [0.717, 1.165) is 16.8 Å². The molecule has 78 valence electrons. The van der Waals surface area contributed by atoms with E-state index in [0.29, 0.717) is 16.6 Å². The molecule has 0 saturated heterocycles. The fourth-order valence-electron chi connectivity index (χ4n) is 1.90. The molecule has 0 amide bonds. The van der Waals surface area contributed by atoms with Crippen LogP contribution in [0.25, 0.3) is 11.3 Å². The molecule has 1 aromatic heterocycles. The van der Waals surface area contributed by atoms with Crippen LogP contribution in [0.5, 0.6) is 0 Å². The van der Waals surface area contributed by atoms with Gasteiger partial charge in [0, 0.05) is 16.5 Å². The smallest absolute Gasteiger partial charge is 0.196 e. The Bertz CT molecular complexity index is 595. The lowest BCUT2D eigenvalue weighted by Crippen LogP contribution is -1.98. The maximum absolute atomic E-state index is 12.1. The molecular formula is C12H7BrN2O. The first-order valence-corrected chi connectivity index (χ1v) is 6.00. The highest BCUT2D eigenvalue weighted by Crippen LogP contribution is 2.34. The molecule has 0 bridgehead atoms. The van der Waals surface area contributed by atoms with Crippen molar-refractivity contribution in [2.75, 3.05) is 0 Å². The summed E-state index contributed by atoms with van der Waals surface area (Å²) in [5.41, 5.74) is 3.74. The number of halogens is 1. The van der Waals surface area contributed by atoms with Crippen LogP contribution in [0.2, 0.25) is 0 Å². The second-order valence-corrected chi connectivity index (χ2v) is 4.17. The Morgan fingerprint density at radius 3 is 2.56 bits per heavy atom. The van der Waals surface area contributed by atoms with Crippen LogP contribution in [0.4, 0.5) is 0 Å². The fraction of sp³-hybridized carbons (Fsp3) is 0.0833. The Morgan fingerprint density at radius 1 is 1.06 bits per heavy atom. The number of rotatable bonds is 1. The number of hydrogen-bond acceptors (Lipinski definition) is 3. The fourth-order valence-corrected chi connectivity index (χ4v) is 2.18. The van der Waals surface area contributed by atoms with Gasteiger partial charge in [0.15, 0.2) is 5.78 Å². The highest BCUT2D eigenvalue weighted by Gasteiger charge is 2.28. The van der Waals surface area contributed by atoms with Crippen molar-refractivity contribution >= 4 is 21.7 Å². The molecule has 3 rings (SSSR count). The zero-order valence-electron chi connectivity index (χ0n) is 8.27. The van der Waals surface area contributed by atoms with Gasteiger partial charge in [0.2, 0.25) is 0 Å². The van der Waals surface area contributed by atoms with Crippen molar-refractivity contribution in [2.24, 2.45) is 0 Å². The Morgan fingerprint density at radius 2 is 1.81 bits per heavy atom.